The van der Waals surface area contributed by atoms with Gasteiger partial charge in [-0.3, -0.25) is 4.79 Å². The van der Waals surface area contributed by atoms with Gasteiger partial charge in [0.15, 0.2) is 0 Å². The third-order valence-corrected chi connectivity index (χ3v) is 5.90. The number of sulfonamides is 1. The molecule has 7 heteroatoms. The van der Waals surface area contributed by atoms with E-state index in [2.05, 4.69) is 12.2 Å². The van der Waals surface area contributed by atoms with Gasteiger partial charge in [0, 0.05) is 11.3 Å². The minimum absolute atomic E-state index is 0.00422. The normalized spacial score (nSPS) is 13.1. The molecule has 0 bridgehead atoms. The van der Waals surface area contributed by atoms with E-state index in [1.807, 2.05) is 6.92 Å². The molecule has 0 radical (unpaired) electrons. The SMILES string of the molecule is CCCCCCCC(=O)NC(C)c1ccc(S(N)(=O)=O)s1. The van der Waals surface area contributed by atoms with E-state index >= 15 is 0 Å². The van der Waals surface area contributed by atoms with Crippen LogP contribution < -0.4 is 10.5 Å². The number of carbonyl (C=O) groups excluding carboxylic acids is 1. The van der Waals surface area contributed by atoms with Crippen molar-refractivity contribution in [3.63, 3.8) is 0 Å². The molecule has 0 fully saturated rings. The zero-order chi connectivity index (χ0) is 15.9. The molecular formula is C14H24N2O3S2. The standard InChI is InChI=1S/C14H24N2O3S2/c1-3-4-5-6-7-8-13(17)16-11(2)12-9-10-14(20-12)21(15,18)19/h9-11H,3-8H2,1-2H3,(H,16,17)(H2,15,18,19). The number of unbranched alkanes of at least 4 members (excludes halogenated alkanes) is 4. The third kappa shape index (κ3) is 6.58. The number of hydrogen-bond acceptors (Lipinski definition) is 4. The van der Waals surface area contributed by atoms with Gasteiger partial charge in [0.2, 0.25) is 15.9 Å². The minimum Gasteiger partial charge on any atom is -0.349 e. The van der Waals surface area contributed by atoms with Gasteiger partial charge in [-0.25, -0.2) is 13.6 Å². The average molecular weight is 332 g/mol. The van der Waals surface area contributed by atoms with Gasteiger partial charge in [0.25, 0.3) is 0 Å². The molecule has 0 aliphatic carbocycles. The van der Waals surface area contributed by atoms with Gasteiger partial charge in [-0.2, -0.15) is 0 Å². The smallest absolute Gasteiger partial charge is 0.247 e. The van der Waals surface area contributed by atoms with Crippen LogP contribution >= 0.6 is 11.3 Å². The topological polar surface area (TPSA) is 89.3 Å². The van der Waals surface area contributed by atoms with Crippen molar-refractivity contribution in [2.75, 3.05) is 0 Å². The van der Waals surface area contributed by atoms with E-state index in [1.54, 1.807) is 6.07 Å². The molecule has 0 saturated heterocycles. The van der Waals surface area contributed by atoms with Crippen LogP contribution in [0.15, 0.2) is 16.3 Å². The Morgan fingerprint density at radius 1 is 1.29 bits per heavy atom. The molecule has 1 aromatic rings. The first kappa shape index (κ1) is 18.1. The maximum atomic E-state index is 11.8. The van der Waals surface area contributed by atoms with Gasteiger partial charge in [-0.15, -0.1) is 11.3 Å². The fourth-order valence-corrected chi connectivity index (χ4v) is 3.75. The summed E-state index contributed by atoms with van der Waals surface area (Å²) < 4.78 is 22.6. The lowest BCUT2D eigenvalue weighted by atomic mass is 10.1. The van der Waals surface area contributed by atoms with Crippen molar-refractivity contribution in [2.24, 2.45) is 5.14 Å². The Bertz CT molecular complexity index is 552. The molecule has 0 aliphatic rings. The summed E-state index contributed by atoms with van der Waals surface area (Å²) in [6, 6.07) is 2.97. The van der Waals surface area contributed by atoms with Crippen LogP contribution in [0.1, 0.15) is 63.3 Å². The Morgan fingerprint density at radius 3 is 2.52 bits per heavy atom. The molecule has 0 spiro atoms. The number of rotatable bonds is 9. The molecule has 0 saturated carbocycles. The fraction of sp³-hybridized carbons (Fsp3) is 0.643. The largest absolute Gasteiger partial charge is 0.349 e. The molecule has 0 aliphatic heterocycles. The van der Waals surface area contributed by atoms with Gasteiger partial charge in [-0.05, 0) is 25.5 Å². The second kappa shape index (κ2) is 8.51. The lowest BCUT2D eigenvalue weighted by Gasteiger charge is -2.12. The predicted molar refractivity (Wildman–Crippen MR) is 85.6 cm³/mol. The van der Waals surface area contributed by atoms with Crippen LogP contribution in [0.3, 0.4) is 0 Å². The van der Waals surface area contributed by atoms with Crippen LogP contribution in [0.2, 0.25) is 0 Å². The van der Waals surface area contributed by atoms with Crippen molar-refractivity contribution in [1.82, 2.24) is 5.32 Å². The summed E-state index contributed by atoms with van der Waals surface area (Å²) >= 11 is 1.10. The Kier molecular flexibility index (Phi) is 7.34. The molecule has 1 unspecified atom stereocenters. The maximum Gasteiger partial charge on any atom is 0.247 e. The summed E-state index contributed by atoms with van der Waals surface area (Å²) in [5, 5.41) is 7.96. The molecule has 21 heavy (non-hydrogen) atoms. The van der Waals surface area contributed by atoms with E-state index in [1.165, 1.54) is 25.3 Å². The van der Waals surface area contributed by atoms with Crippen LogP contribution in [0, 0.1) is 0 Å². The van der Waals surface area contributed by atoms with E-state index in [0.29, 0.717) is 6.42 Å². The number of carbonyl (C=O) groups is 1. The van der Waals surface area contributed by atoms with E-state index in [-0.39, 0.29) is 16.2 Å². The second-order valence-electron chi connectivity index (χ2n) is 5.16. The molecule has 1 atom stereocenters. The molecule has 120 valence electrons. The third-order valence-electron chi connectivity index (χ3n) is 3.19. The van der Waals surface area contributed by atoms with Crippen molar-refractivity contribution in [1.29, 1.82) is 0 Å². The van der Waals surface area contributed by atoms with E-state index in [4.69, 9.17) is 5.14 Å². The van der Waals surface area contributed by atoms with Crippen LogP contribution in [0.4, 0.5) is 0 Å². The van der Waals surface area contributed by atoms with Gasteiger partial charge in [-0.1, -0.05) is 32.6 Å². The van der Waals surface area contributed by atoms with E-state index in [9.17, 15) is 13.2 Å². The maximum absolute atomic E-state index is 11.8. The number of amides is 1. The van der Waals surface area contributed by atoms with Crippen molar-refractivity contribution < 1.29 is 13.2 Å². The van der Waals surface area contributed by atoms with E-state index in [0.717, 1.165) is 29.1 Å². The van der Waals surface area contributed by atoms with Gasteiger partial charge >= 0.3 is 0 Å². The summed E-state index contributed by atoms with van der Waals surface area (Å²) in [7, 11) is -3.66. The highest BCUT2D eigenvalue weighted by atomic mass is 32.2. The molecule has 5 nitrogen and oxygen atoms in total. The first-order valence-electron chi connectivity index (χ1n) is 7.26. The second-order valence-corrected chi connectivity index (χ2v) is 8.06. The molecule has 1 rings (SSSR count). The molecule has 1 heterocycles. The zero-order valence-corrected chi connectivity index (χ0v) is 14.2. The minimum atomic E-state index is -3.66. The number of nitrogens with one attached hydrogen (secondary N) is 1. The van der Waals surface area contributed by atoms with Crippen molar-refractivity contribution in [3.05, 3.63) is 17.0 Å². The summed E-state index contributed by atoms with van der Waals surface area (Å²) in [6.45, 7) is 4.00. The Balaban J connectivity index is 2.40. The van der Waals surface area contributed by atoms with Gasteiger partial charge in [0.1, 0.15) is 4.21 Å². The van der Waals surface area contributed by atoms with Crippen molar-refractivity contribution >= 4 is 27.3 Å². The lowest BCUT2D eigenvalue weighted by molar-refractivity contribution is -0.121. The number of thiophene rings is 1. The van der Waals surface area contributed by atoms with Gasteiger partial charge in [0.05, 0.1) is 6.04 Å². The fourth-order valence-electron chi connectivity index (χ4n) is 1.99. The monoisotopic (exact) mass is 332 g/mol. The van der Waals surface area contributed by atoms with Crippen LogP contribution in [0.25, 0.3) is 0 Å². The highest BCUT2D eigenvalue weighted by Crippen LogP contribution is 2.25. The first-order chi connectivity index (χ1) is 9.84. The Hall–Kier alpha value is -0.920. The Labute approximate surface area is 131 Å². The summed E-state index contributed by atoms with van der Waals surface area (Å²) in [4.78, 5) is 12.6. The van der Waals surface area contributed by atoms with Crippen LogP contribution in [0.5, 0.6) is 0 Å². The molecule has 3 N–H and O–H groups in total. The average Bonchev–Trinajstić information content (AvgIpc) is 2.88. The van der Waals surface area contributed by atoms with Crippen LogP contribution in [-0.2, 0) is 14.8 Å². The van der Waals surface area contributed by atoms with Gasteiger partial charge < -0.3 is 5.32 Å². The molecule has 1 aromatic heterocycles. The first-order valence-corrected chi connectivity index (χ1v) is 9.62. The number of primary sulfonamides is 1. The molecule has 0 aromatic carbocycles. The molecule has 1 amide bonds. The summed E-state index contributed by atoms with van der Waals surface area (Å²) in [5.41, 5.74) is 0. The predicted octanol–water partition coefficient (Wildman–Crippen LogP) is 2.93. The summed E-state index contributed by atoms with van der Waals surface area (Å²) in [6.07, 6.45) is 6.05. The number of hydrogen-bond donors (Lipinski definition) is 2. The number of nitrogens with two attached hydrogens (primary N) is 1. The molecular weight excluding hydrogens is 308 g/mol. The zero-order valence-electron chi connectivity index (χ0n) is 12.6. The van der Waals surface area contributed by atoms with Crippen LogP contribution in [-0.4, -0.2) is 14.3 Å². The quantitative estimate of drug-likeness (QED) is 0.681. The lowest BCUT2D eigenvalue weighted by Crippen LogP contribution is -2.25. The summed E-state index contributed by atoms with van der Waals surface area (Å²) in [5.74, 6) is 0.00422. The highest BCUT2D eigenvalue weighted by molar-refractivity contribution is 7.91. The Morgan fingerprint density at radius 2 is 1.95 bits per heavy atom. The highest BCUT2D eigenvalue weighted by Gasteiger charge is 2.16. The van der Waals surface area contributed by atoms with Crippen molar-refractivity contribution in [2.45, 2.75) is 62.6 Å². The van der Waals surface area contributed by atoms with E-state index < -0.39 is 10.0 Å². The van der Waals surface area contributed by atoms with Crippen molar-refractivity contribution in [3.8, 4) is 0 Å².